The van der Waals surface area contributed by atoms with Crippen LogP contribution in [0.3, 0.4) is 0 Å². The van der Waals surface area contributed by atoms with E-state index in [4.69, 9.17) is 4.42 Å². The Morgan fingerprint density at radius 3 is 2.50 bits per heavy atom. The molecule has 2 aliphatic heterocycles. The Labute approximate surface area is 134 Å². The van der Waals surface area contributed by atoms with Crippen molar-refractivity contribution in [1.82, 2.24) is 10.2 Å². The lowest BCUT2D eigenvalue weighted by Crippen LogP contribution is -2.38. The second kappa shape index (κ2) is 7.17. The molecule has 0 unspecified atom stereocenters. The van der Waals surface area contributed by atoms with E-state index in [1.165, 1.54) is 51.0 Å². The number of hydrogen-bond donors (Lipinski definition) is 1. The molecule has 1 N–H and O–H groups in total. The van der Waals surface area contributed by atoms with Crippen molar-refractivity contribution in [2.24, 2.45) is 5.41 Å². The maximum absolute atomic E-state index is 5.80. The molecule has 20 heavy (non-hydrogen) atoms. The first-order valence-corrected chi connectivity index (χ1v) is 7.16. The van der Waals surface area contributed by atoms with Gasteiger partial charge < -0.3 is 9.73 Å². The van der Waals surface area contributed by atoms with Gasteiger partial charge in [0.15, 0.2) is 0 Å². The molecule has 0 atom stereocenters. The highest BCUT2D eigenvalue weighted by Gasteiger charge is 2.38. The van der Waals surface area contributed by atoms with Crippen molar-refractivity contribution in [2.75, 3.05) is 26.2 Å². The van der Waals surface area contributed by atoms with Gasteiger partial charge in [0.05, 0.1) is 6.54 Å². The average Bonchev–Trinajstić information content (AvgIpc) is 2.86. The van der Waals surface area contributed by atoms with Gasteiger partial charge in [-0.15, -0.1) is 24.8 Å². The predicted molar refractivity (Wildman–Crippen MR) is 87.1 cm³/mol. The minimum Gasteiger partial charge on any atom is -0.465 e. The number of nitrogens with one attached hydrogen (secondary N) is 1. The van der Waals surface area contributed by atoms with Gasteiger partial charge in [-0.3, -0.25) is 4.90 Å². The zero-order chi connectivity index (χ0) is 12.6. The maximum Gasteiger partial charge on any atom is 0.118 e. The molecule has 0 bridgehead atoms. The minimum absolute atomic E-state index is 0. The summed E-state index contributed by atoms with van der Waals surface area (Å²) < 4.78 is 5.80. The average molecular weight is 321 g/mol. The summed E-state index contributed by atoms with van der Waals surface area (Å²) in [5, 5.41) is 3.47. The van der Waals surface area contributed by atoms with Crippen molar-refractivity contribution in [3.8, 4) is 0 Å². The summed E-state index contributed by atoms with van der Waals surface area (Å²) in [5.74, 6) is 2.21. The monoisotopic (exact) mass is 320 g/mol. The lowest BCUT2D eigenvalue weighted by atomic mass is 9.78. The van der Waals surface area contributed by atoms with Crippen LogP contribution in [0.15, 0.2) is 10.5 Å². The van der Waals surface area contributed by atoms with Gasteiger partial charge in [-0.2, -0.15) is 0 Å². The van der Waals surface area contributed by atoms with E-state index in [-0.39, 0.29) is 24.8 Å². The van der Waals surface area contributed by atoms with Crippen LogP contribution in [0, 0.1) is 19.3 Å². The Hall–Kier alpha value is -0.220. The van der Waals surface area contributed by atoms with E-state index in [0.29, 0.717) is 5.41 Å². The molecule has 1 aromatic heterocycles. The SMILES string of the molecule is Cc1cc(CN2CCC3(CCNCC3)C2)oc1C.Cl.Cl. The first-order valence-electron chi connectivity index (χ1n) is 7.16. The van der Waals surface area contributed by atoms with Crippen LogP contribution in [0.5, 0.6) is 0 Å². The van der Waals surface area contributed by atoms with E-state index in [1.807, 2.05) is 0 Å². The number of rotatable bonds is 2. The third-order valence-electron chi connectivity index (χ3n) is 4.78. The molecule has 5 heteroatoms. The molecule has 116 valence electrons. The van der Waals surface area contributed by atoms with Gasteiger partial charge in [-0.25, -0.2) is 0 Å². The molecule has 1 spiro atoms. The molecule has 0 saturated carbocycles. The Kier molecular flexibility index (Phi) is 6.39. The molecule has 3 nitrogen and oxygen atoms in total. The third-order valence-corrected chi connectivity index (χ3v) is 4.78. The molecule has 0 radical (unpaired) electrons. The Balaban J connectivity index is 0.000001000. The summed E-state index contributed by atoms with van der Waals surface area (Å²) in [4.78, 5) is 2.57. The lowest BCUT2D eigenvalue weighted by molar-refractivity contribution is 0.188. The van der Waals surface area contributed by atoms with Crippen molar-refractivity contribution in [3.63, 3.8) is 0 Å². The molecular formula is C15H26Cl2N2O. The van der Waals surface area contributed by atoms with Crippen LogP contribution >= 0.6 is 24.8 Å². The van der Waals surface area contributed by atoms with Crippen molar-refractivity contribution < 1.29 is 4.42 Å². The van der Waals surface area contributed by atoms with Crippen LogP contribution < -0.4 is 5.32 Å². The molecule has 2 fully saturated rings. The summed E-state index contributed by atoms with van der Waals surface area (Å²) in [6, 6.07) is 2.20. The van der Waals surface area contributed by atoms with Crippen LogP contribution in [0.1, 0.15) is 36.3 Å². The molecule has 2 saturated heterocycles. The predicted octanol–water partition coefficient (Wildman–Crippen LogP) is 3.32. The van der Waals surface area contributed by atoms with Crippen molar-refractivity contribution in [2.45, 2.75) is 39.7 Å². The minimum atomic E-state index is 0. The molecule has 1 aromatic rings. The van der Waals surface area contributed by atoms with Crippen LogP contribution in [0.2, 0.25) is 0 Å². The van der Waals surface area contributed by atoms with Crippen molar-refractivity contribution in [1.29, 1.82) is 0 Å². The number of nitrogens with zero attached hydrogens (tertiary/aromatic N) is 1. The fourth-order valence-corrected chi connectivity index (χ4v) is 3.48. The molecule has 0 amide bonds. The summed E-state index contributed by atoms with van der Waals surface area (Å²) >= 11 is 0. The Bertz CT molecular complexity index is 408. The fourth-order valence-electron chi connectivity index (χ4n) is 3.48. The fraction of sp³-hybridized carbons (Fsp3) is 0.733. The van der Waals surface area contributed by atoms with Crippen molar-refractivity contribution >= 4 is 24.8 Å². The zero-order valence-corrected chi connectivity index (χ0v) is 14.0. The van der Waals surface area contributed by atoms with E-state index in [0.717, 1.165) is 18.1 Å². The largest absolute Gasteiger partial charge is 0.465 e. The molecule has 3 heterocycles. The van der Waals surface area contributed by atoms with Gasteiger partial charge >= 0.3 is 0 Å². The summed E-state index contributed by atoms with van der Waals surface area (Å²) in [6.45, 7) is 10.1. The number of hydrogen-bond acceptors (Lipinski definition) is 3. The number of halogens is 2. The van der Waals surface area contributed by atoms with Gasteiger partial charge in [0.2, 0.25) is 0 Å². The smallest absolute Gasteiger partial charge is 0.118 e. The van der Waals surface area contributed by atoms with E-state index in [2.05, 4.69) is 30.1 Å². The second-order valence-electron chi connectivity index (χ2n) is 6.16. The van der Waals surface area contributed by atoms with Gasteiger partial charge in [0, 0.05) is 6.54 Å². The Morgan fingerprint density at radius 1 is 1.20 bits per heavy atom. The third kappa shape index (κ3) is 3.70. The molecule has 2 aliphatic rings. The summed E-state index contributed by atoms with van der Waals surface area (Å²) in [7, 11) is 0. The quantitative estimate of drug-likeness (QED) is 0.906. The van der Waals surface area contributed by atoms with Crippen LogP contribution in [0.25, 0.3) is 0 Å². The molecule has 0 aliphatic carbocycles. The second-order valence-corrected chi connectivity index (χ2v) is 6.16. The van der Waals surface area contributed by atoms with E-state index in [1.54, 1.807) is 0 Å². The summed E-state index contributed by atoms with van der Waals surface area (Å²) in [6.07, 6.45) is 4.06. The molecule has 0 aromatic carbocycles. The van der Waals surface area contributed by atoms with Crippen LogP contribution in [-0.2, 0) is 6.54 Å². The number of likely N-dealkylation sites (tertiary alicyclic amines) is 1. The van der Waals surface area contributed by atoms with E-state index >= 15 is 0 Å². The van der Waals surface area contributed by atoms with Gasteiger partial charge in [-0.1, -0.05) is 0 Å². The summed E-state index contributed by atoms with van der Waals surface area (Å²) in [5.41, 5.74) is 1.88. The Morgan fingerprint density at radius 2 is 1.90 bits per heavy atom. The number of piperidine rings is 1. The highest BCUT2D eigenvalue weighted by atomic mass is 35.5. The topological polar surface area (TPSA) is 28.4 Å². The number of aryl methyl sites for hydroxylation is 2. The first kappa shape index (κ1) is 17.8. The van der Waals surface area contributed by atoms with Crippen LogP contribution in [-0.4, -0.2) is 31.1 Å². The standard InChI is InChI=1S/C15H24N2O.2ClH/c1-12-9-14(18-13(12)2)10-17-8-5-15(11-17)3-6-16-7-4-15;;/h9,16H,3-8,10-11H2,1-2H3;2*1H. The normalized spacial score (nSPS) is 21.5. The first-order chi connectivity index (χ1) is 8.67. The maximum atomic E-state index is 5.80. The van der Waals surface area contributed by atoms with Crippen molar-refractivity contribution in [3.05, 3.63) is 23.2 Å². The highest BCUT2D eigenvalue weighted by Crippen LogP contribution is 2.39. The zero-order valence-electron chi connectivity index (χ0n) is 12.4. The van der Waals surface area contributed by atoms with Crippen LogP contribution in [0.4, 0.5) is 0 Å². The highest BCUT2D eigenvalue weighted by molar-refractivity contribution is 5.85. The van der Waals surface area contributed by atoms with Gasteiger partial charge in [-0.05, 0) is 69.8 Å². The molecular weight excluding hydrogens is 295 g/mol. The number of furan rings is 1. The van der Waals surface area contributed by atoms with E-state index < -0.39 is 0 Å². The van der Waals surface area contributed by atoms with Gasteiger partial charge in [0.25, 0.3) is 0 Å². The molecule has 3 rings (SSSR count). The lowest BCUT2D eigenvalue weighted by Gasteiger charge is -2.33. The van der Waals surface area contributed by atoms with Gasteiger partial charge in [0.1, 0.15) is 11.5 Å². The van der Waals surface area contributed by atoms with E-state index in [9.17, 15) is 0 Å².